The number of hydrogen-bond donors (Lipinski definition) is 1. The third kappa shape index (κ3) is 7.88. The molecule has 0 saturated heterocycles. The smallest absolute Gasteiger partial charge is 0.444 e. The van der Waals surface area contributed by atoms with Gasteiger partial charge in [0.1, 0.15) is 19.8 Å². The van der Waals surface area contributed by atoms with Crippen molar-refractivity contribution < 1.29 is 28.6 Å². The van der Waals surface area contributed by atoms with Gasteiger partial charge in [-0.3, -0.25) is 14.4 Å². The van der Waals surface area contributed by atoms with E-state index < -0.39 is 24.9 Å². The normalized spacial score (nSPS) is 13.8. The summed E-state index contributed by atoms with van der Waals surface area (Å²) in [6, 6.07) is 27.6. The van der Waals surface area contributed by atoms with Gasteiger partial charge in [-0.25, -0.2) is 0 Å². The topological polar surface area (TPSA) is 90.9 Å². The van der Waals surface area contributed by atoms with Gasteiger partial charge in [0.15, 0.2) is 0 Å². The summed E-state index contributed by atoms with van der Waals surface area (Å²) in [5.74, 6) is 0. The number of nitrogens with one attached hydrogen (secondary N) is 1. The van der Waals surface area contributed by atoms with Crippen LogP contribution in [0.4, 0.5) is 14.4 Å². The quantitative estimate of drug-likeness (QED) is 0.201. The Kier molecular flexibility index (Phi) is 10.4. The Morgan fingerprint density at radius 1 is 0.590 bits per heavy atom. The van der Waals surface area contributed by atoms with Crippen LogP contribution >= 0.6 is 0 Å². The van der Waals surface area contributed by atoms with Crippen molar-refractivity contribution in [3.05, 3.63) is 108 Å². The number of carbonyl (C=O) groups is 3. The van der Waals surface area contributed by atoms with Gasteiger partial charge in [-0.1, -0.05) is 110 Å². The molecular weight excluding hydrogens is 510 g/mol. The Morgan fingerprint density at radius 2 is 0.949 bits per heavy atom. The molecule has 0 bridgehead atoms. The molecule has 1 N–H and O–H groups in total. The Balaban J connectivity index is 1.60. The second-order valence-corrected chi connectivity index (χ2v) is 13.2. The van der Waals surface area contributed by atoms with Gasteiger partial charge < -0.3 is 19.5 Å². The molecule has 3 aromatic carbocycles. The molecule has 0 atom stereocenters. The van der Waals surface area contributed by atoms with Crippen molar-refractivity contribution >= 4 is 24.9 Å². The van der Waals surface area contributed by atoms with Crippen LogP contribution in [0, 0.1) is 0 Å². The van der Waals surface area contributed by atoms with Crippen LogP contribution in [0.2, 0.25) is 0 Å². The predicted molar refractivity (Wildman–Crippen MR) is 151 cm³/mol. The zero-order valence-electron chi connectivity index (χ0n) is 22.1. The first-order chi connectivity index (χ1) is 19.1. The monoisotopic (exact) mass is 545 g/mol. The maximum Gasteiger partial charge on any atom is 0.444 e. The highest BCUT2D eigenvalue weighted by atomic mass is 28.3. The van der Waals surface area contributed by atoms with Crippen LogP contribution in [-0.4, -0.2) is 37.1 Å². The number of benzene rings is 3. The lowest BCUT2D eigenvalue weighted by molar-refractivity contribution is 0.144. The van der Waals surface area contributed by atoms with Crippen molar-refractivity contribution in [2.75, 3.05) is 6.17 Å². The minimum absolute atomic E-state index is 0.0597. The molecule has 204 valence electrons. The molecule has 1 fully saturated rings. The zero-order chi connectivity index (χ0) is 27.3. The SMILES string of the molecule is O=C(OCc1ccccc1)[Si](CNC1CCCCC1)(C(=O)OCc1ccccc1)C(=O)OCc1ccccc1. The Bertz CT molecular complexity index is 1060. The first-order valence-corrected chi connectivity index (χ1v) is 15.7. The molecule has 0 spiro atoms. The van der Waals surface area contributed by atoms with Crippen molar-refractivity contribution in [3.8, 4) is 0 Å². The van der Waals surface area contributed by atoms with Crippen molar-refractivity contribution in [1.82, 2.24) is 5.32 Å². The summed E-state index contributed by atoms with van der Waals surface area (Å²) in [4.78, 5) is 41.4. The molecule has 0 heterocycles. The highest BCUT2D eigenvalue weighted by Gasteiger charge is 2.62. The van der Waals surface area contributed by atoms with E-state index in [1.165, 1.54) is 0 Å². The van der Waals surface area contributed by atoms with Gasteiger partial charge in [-0.15, -0.1) is 0 Å². The molecule has 8 heteroatoms. The summed E-state index contributed by atoms with van der Waals surface area (Å²) in [5.41, 5.74) is -0.305. The van der Waals surface area contributed by atoms with Gasteiger partial charge in [0.2, 0.25) is 0 Å². The molecule has 0 aliphatic heterocycles. The fraction of sp³-hybridized carbons (Fsp3) is 0.323. The highest BCUT2D eigenvalue weighted by Crippen LogP contribution is 2.22. The van der Waals surface area contributed by atoms with Crippen LogP contribution in [0.1, 0.15) is 48.8 Å². The number of ether oxygens (including phenoxy) is 3. The fourth-order valence-corrected chi connectivity index (χ4v) is 7.09. The summed E-state index contributed by atoms with van der Waals surface area (Å²) < 4.78 is 17.0. The van der Waals surface area contributed by atoms with Crippen molar-refractivity contribution in [1.29, 1.82) is 0 Å². The van der Waals surface area contributed by atoms with Gasteiger partial charge in [0.25, 0.3) is 0 Å². The van der Waals surface area contributed by atoms with Crippen molar-refractivity contribution in [2.45, 2.75) is 58.0 Å². The summed E-state index contributed by atoms with van der Waals surface area (Å²) in [6.45, 7) is -0.179. The summed E-state index contributed by atoms with van der Waals surface area (Å²) >= 11 is 0. The summed E-state index contributed by atoms with van der Waals surface area (Å²) in [5, 5.41) is 3.36. The lowest BCUT2D eigenvalue weighted by Gasteiger charge is -2.29. The highest BCUT2D eigenvalue weighted by molar-refractivity contribution is 7.38. The lowest BCUT2D eigenvalue weighted by Crippen LogP contribution is -2.67. The van der Waals surface area contributed by atoms with Crippen LogP contribution in [0.5, 0.6) is 0 Å². The third-order valence-corrected chi connectivity index (χ3v) is 10.2. The Hall–Kier alpha value is -3.75. The molecule has 0 unspecified atom stereocenters. The molecule has 1 aliphatic carbocycles. The van der Waals surface area contributed by atoms with Crippen molar-refractivity contribution in [3.63, 3.8) is 0 Å². The van der Waals surface area contributed by atoms with Gasteiger partial charge >= 0.3 is 24.9 Å². The first-order valence-electron chi connectivity index (χ1n) is 13.4. The van der Waals surface area contributed by atoms with E-state index in [-0.39, 0.29) is 32.0 Å². The summed E-state index contributed by atoms with van der Waals surface area (Å²) in [6.07, 6.45) is 4.97. The number of hydrogen-bond acceptors (Lipinski definition) is 7. The Morgan fingerprint density at radius 3 is 1.31 bits per heavy atom. The fourth-order valence-electron chi connectivity index (χ4n) is 4.61. The second-order valence-electron chi connectivity index (χ2n) is 9.81. The molecule has 0 aromatic heterocycles. The average molecular weight is 546 g/mol. The maximum absolute atomic E-state index is 13.8. The second kappa shape index (κ2) is 14.4. The average Bonchev–Trinajstić information content (AvgIpc) is 3.00. The van der Waals surface area contributed by atoms with Crippen LogP contribution in [0.3, 0.4) is 0 Å². The molecule has 7 nitrogen and oxygen atoms in total. The molecular formula is C31H35NO6Si. The molecule has 1 aliphatic rings. The standard InChI is InChI=1S/C31H35NO6Si/c33-29(36-21-25-13-5-1-6-14-25)39(24-32-28-19-11-4-12-20-28,30(34)37-22-26-15-7-2-8-16-26)31(35)38-23-27-17-9-3-10-18-27/h1-3,5-10,13-18,28,32H,4,11-12,19-24H2. The van der Waals surface area contributed by atoms with E-state index in [4.69, 9.17) is 14.2 Å². The van der Waals surface area contributed by atoms with E-state index in [0.29, 0.717) is 0 Å². The maximum atomic E-state index is 13.8. The summed E-state index contributed by atoms with van der Waals surface area (Å²) in [7, 11) is -4.35. The zero-order valence-corrected chi connectivity index (χ0v) is 23.1. The van der Waals surface area contributed by atoms with Crippen LogP contribution in [-0.2, 0) is 34.0 Å². The molecule has 1 saturated carbocycles. The minimum atomic E-state index is -4.35. The van der Waals surface area contributed by atoms with E-state index >= 15 is 0 Å². The van der Waals surface area contributed by atoms with E-state index in [2.05, 4.69) is 5.32 Å². The van der Waals surface area contributed by atoms with E-state index in [0.717, 1.165) is 48.8 Å². The van der Waals surface area contributed by atoms with E-state index in [9.17, 15) is 14.4 Å². The molecule has 3 aromatic rings. The largest absolute Gasteiger partial charge is 0.464 e. The lowest BCUT2D eigenvalue weighted by atomic mass is 9.96. The number of rotatable bonds is 12. The molecule has 39 heavy (non-hydrogen) atoms. The van der Waals surface area contributed by atoms with Crippen LogP contribution in [0.25, 0.3) is 0 Å². The van der Waals surface area contributed by atoms with E-state index in [1.54, 1.807) is 0 Å². The van der Waals surface area contributed by atoms with Crippen LogP contribution in [0.15, 0.2) is 91.0 Å². The van der Waals surface area contributed by atoms with Gasteiger partial charge in [0.05, 0.1) is 0 Å². The third-order valence-electron chi connectivity index (χ3n) is 6.94. The predicted octanol–water partition coefficient (Wildman–Crippen LogP) is 6.65. The van der Waals surface area contributed by atoms with Crippen LogP contribution < -0.4 is 5.32 Å². The van der Waals surface area contributed by atoms with Gasteiger partial charge in [-0.2, -0.15) is 0 Å². The first kappa shape index (κ1) is 28.3. The van der Waals surface area contributed by atoms with Crippen molar-refractivity contribution in [2.24, 2.45) is 0 Å². The molecule has 4 rings (SSSR count). The van der Waals surface area contributed by atoms with Gasteiger partial charge in [0, 0.05) is 12.2 Å². The van der Waals surface area contributed by atoms with Gasteiger partial charge in [-0.05, 0) is 29.5 Å². The van der Waals surface area contributed by atoms with E-state index in [1.807, 2.05) is 91.0 Å². The molecule has 0 amide bonds. The number of carbonyl (C=O) groups excluding carboxylic acids is 3. The minimum Gasteiger partial charge on any atom is -0.464 e. The Labute approximate surface area is 230 Å². The molecule has 0 radical (unpaired) electrons.